The first-order valence-corrected chi connectivity index (χ1v) is 6.89. The topological polar surface area (TPSA) is 48.1 Å². The minimum absolute atomic E-state index is 0.570. The Morgan fingerprint density at radius 2 is 2.11 bits per heavy atom. The molecule has 0 aliphatic heterocycles. The molecule has 1 atom stereocenters. The van der Waals surface area contributed by atoms with Crippen LogP contribution in [0.1, 0.15) is 32.4 Å². The van der Waals surface area contributed by atoms with Crippen molar-refractivity contribution in [3.05, 3.63) is 30.1 Å². The quantitative estimate of drug-likeness (QED) is 0.826. The van der Waals surface area contributed by atoms with Crippen molar-refractivity contribution in [3.63, 3.8) is 0 Å². The number of ether oxygens (including phenoxy) is 1. The van der Waals surface area contributed by atoms with Crippen LogP contribution in [0.4, 0.5) is 5.69 Å². The van der Waals surface area contributed by atoms with Crippen LogP contribution in [0.25, 0.3) is 10.8 Å². The highest BCUT2D eigenvalue weighted by Crippen LogP contribution is 2.30. The van der Waals surface area contributed by atoms with Crippen molar-refractivity contribution in [2.24, 2.45) is 5.92 Å². The maximum atomic E-state index is 5.98. The van der Waals surface area contributed by atoms with E-state index >= 15 is 0 Å². The molecule has 3 heteroatoms. The van der Waals surface area contributed by atoms with E-state index in [0.29, 0.717) is 5.92 Å². The van der Waals surface area contributed by atoms with Crippen molar-refractivity contribution in [2.75, 3.05) is 12.3 Å². The van der Waals surface area contributed by atoms with Gasteiger partial charge in [-0.25, -0.2) is 0 Å². The molecule has 2 aromatic rings. The second-order valence-electron chi connectivity index (χ2n) is 5.23. The van der Waals surface area contributed by atoms with Crippen LogP contribution in [0.3, 0.4) is 0 Å². The Kier molecular flexibility index (Phi) is 4.25. The van der Waals surface area contributed by atoms with E-state index < -0.39 is 0 Å². The fourth-order valence-corrected chi connectivity index (χ4v) is 2.27. The normalized spacial score (nSPS) is 12.6. The molecule has 0 aliphatic rings. The lowest BCUT2D eigenvalue weighted by Crippen LogP contribution is -2.08. The molecule has 0 spiro atoms. The first-order chi connectivity index (χ1) is 9.11. The number of fused-ring (bicyclic) bond motifs is 1. The third kappa shape index (κ3) is 3.16. The number of nitrogen functional groups attached to an aromatic ring is 1. The van der Waals surface area contributed by atoms with E-state index in [1.165, 1.54) is 12.8 Å². The maximum absolute atomic E-state index is 5.98. The predicted molar refractivity (Wildman–Crippen MR) is 80.5 cm³/mol. The van der Waals surface area contributed by atoms with Gasteiger partial charge in [0.05, 0.1) is 6.61 Å². The van der Waals surface area contributed by atoms with Crippen LogP contribution >= 0.6 is 0 Å². The van der Waals surface area contributed by atoms with Crippen LogP contribution in [0.2, 0.25) is 0 Å². The van der Waals surface area contributed by atoms with Crippen LogP contribution < -0.4 is 10.5 Å². The number of nitrogens with two attached hydrogens (primary N) is 1. The molecule has 0 saturated carbocycles. The predicted octanol–water partition coefficient (Wildman–Crippen LogP) is 3.94. The maximum Gasteiger partial charge on any atom is 0.127 e. The van der Waals surface area contributed by atoms with E-state index in [2.05, 4.69) is 18.8 Å². The molecule has 0 amide bonds. The van der Waals surface area contributed by atoms with Gasteiger partial charge in [-0.2, -0.15) is 0 Å². The van der Waals surface area contributed by atoms with E-state index in [9.17, 15) is 0 Å². The lowest BCUT2D eigenvalue weighted by molar-refractivity contribution is 0.254. The van der Waals surface area contributed by atoms with Gasteiger partial charge in [0.1, 0.15) is 5.75 Å². The van der Waals surface area contributed by atoms with Crippen molar-refractivity contribution in [3.8, 4) is 5.75 Å². The fourth-order valence-electron chi connectivity index (χ4n) is 2.27. The number of aromatic nitrogens is 1. The Morgan fingerprint density at radius 1 is 1.32 bits per heavy atom. The molecule has 1 unspecified atom stereocenters. The lowest BCUT2D eigenvalue weighted by atomic mass is 10.1. The number of hydrogen-bond donors (Lipinski definition) is 1. The highest BCUT2D eigenvalue weighted by Gasteiger charge is 2.08. The van der Waals surface area contributed by atoms with Crippen molar-refractivity contribution >= 4 is 16.5 Å². The summed E-state index contributed by atoms with van der Waals surface area (Å²) >= 11 is 0. The van der Waals surface area contributed by atoms with Crippen LogP contribution in [0.15, 0.2) is 24.4 Å². The number of pyridine rings is 1. The van der Waals surface area contributed by atoms with Gasteiger partial charge < -0.3 is 10.5 Å². The van der Waals surface area contributed by atoms with Gasteiger partial charge in [0.2, 0.25) is 0 Å². The first-order valence-electron chi connectivity index (χ1n) is 6.89. The van der Waals surface area contributed by atoms with Gasteiger partial charge in [0, 0.05) is 28.4 Å². The molecule has 1 aromatic carbocycles. The largest absolute Gasteiger partial charge is 0.493 e. The van der Waals surface area contributed by atoms with Crippen LogP contribution in [-0.2, 0) is 0 Å². The van der Waals surface area contributed by atoms with Gasteiger partial charge in [-0.1, -0.05) is 20.3 Å². The van der Waals surface area contributed by atoms with Crippen molar-refractivity contribution in [2.45, 2.75) is 33.6 Å². The van der Waals surface area contributed by atoms with Crippen LogP contribution in [0, 0.1) is 12.8 Å². The summed E-state index contributed by atoms with van der Waals surface area (Å²) in [6, 6.07) is 5.88. The third-order valence-corrected chi connectivity index (χ3v) is 3.34. The van der Waals surface area contributed by atoms with Crippen molar-refractivity contribution in [1.29, 1.82) is 0 Å². The standard InChI is InChI=1S/C16H22N2O/c1-4-5-11(2)10-19-16-7-6-15(17)14-9-18-12(3)8-13(14)16/h6-9,11H,4-5,10,17H2,1-3H3. The molecule has 102 valence electrons. The minimum atomic E-state index is 0.570. The van der Waals surface area contributed by atoms with Crippen molar-refractivity contribution < 1.29 is 4.74 Å². The first kappa shape index (κ1) is 13.7. The summed E-state index contributed by atoms with van der Waals surface area (Å²) < 4.78 is 5.96. The molecular weight excluding hydrogens is 236 g/mol. The summed E-state index contributed by atoms with van der Waals surface area (Å²) in [5.74, 6) is 1.47. The number of nitrogens with zero attached hydrogens (tertiary/aromatic N) is 1. The van der Waals surface area contributed by atoms with Crippen molar-refractivity contribution in [1.82, 2.24) is 4.98 Å². The van der Waals surface area contributed by atoms with E-state index in [4.69, 9.17) is 10.5 Å². The van der Waals surface area contributed by atoms with Gasteiger partial charge in [-0.3, -0.25) is 4.98 Å². The summed E-state index contributed by atoms with van der Waals surface area (Å²) in [5, 5.41) is 2.02. The molecule has 1 heterocycles. The molecule has 2 rings (SSSR count). The summed E-state index contributed by atoms with van der Waals surface area (Å²) in [7, 11) is 0. The number of hydrogen-bond acceptors (Lipinski definition) is 3. The van der Waals surface area contributed by atoms with Gasteiger partial charge in [0.25, 0.3) is 0 Å². The lowest BCUT2D eigenvalue weighted by Gasteiger charge is -2.14. The fraction of sp³-hybridized carbons (Fsp3) is 0.438. The summed E-state index contributed by atoms with van der Waals surface area (Å²) in [6.45, 7) is 7.14. The molecule has 0 radical (unpaired) electrons. The van der Waals surface area contributed by atoms with Gasteiger partial charge >= 0.3 is 0 Å². The molecule has 2 N–H and O–H groups in total. The molecule has 0 saturated heterocycles. The van der Waals surface area contributed by atoms with Gasteiger partial charge in [0.15, 0.2) is 0 Å². The monoisotopic (exact) mass is 258 g/mol. The zero-order chi connectivity index (χ0) is 13.8. The molecule has 3 nitrogen and oxygen atoms in total. The average Bonchev–Trinajstić information content (AvgIpc) is 2.38. The average molecular weight is 258 g/mol. The van der Waals surface area contributed by atoms with Gasteiger partial charge in [-0.15, -0.1) is 0 Å². The molecule has 0 aliphatic carbocycles. The minimum Gasteiger partial charge on any atom is -0.493 e. The highest BCUT2D eigenvalue weighted by atomic mass is 16.5. The second-order valence-corrected chi connectivity index (χ2v) is 5.23. The Morgan fingerprint density at radius 3 is 2.84 bits per heavy atom. The smallest absolute Gasteiger partial charge is 0.127 e. The van der Waals surface area contributed by atoms with E-state index in [1.807, 2.05) is 31.3 Å². The highest BCUT2D eigenvalue weighted by molar-refractivity contribution is 5.96. The zero-order valence-electron chi connectivity index (χ0n) is 11.9. The van der Waals surface area contributed by atoms with Crippen LogP contribution in [-0.4, -0.2) is 11.6 Å². The number of aryl methyl sites for hydroxylation is 1. The van der Waals surface area contributed by atoms with Crippen LogP contribution in [0.5, 0.6) is 5.75 Å². The Labute approximate surface area is 114 Å². The van der Waals surface area contributed by atoms with E-state index in [-0.39, 0.29) is 0 Å². The summed E-state index contributed by atoms with van der Waals surface area (Å²) in [6.07, 6.45) is 4.20. The molecule has 19 heavy (non-hydrogen) atoms. The summed E-state index contributed by atoms with van der Waals surface area (Å²) in [5.41, 5.74) is 7.71. The van der Waals surface area contributed by atoms with Gasteiger partial charge in [-0.05, 0) is 37.5 Å². The molecule has 1 aromatic heterocycles. The van der Waals surface area contributed by atoms with E-state index in [1.54, 1.807) is 0 Å². The third-order valence-electron chi connectivity index (χ3n) is 3.34. The second kappa shape index (κ2) is 5.91. The zero-order valence-corrected chi connectivity index (χ0v) is 11.9. The summed E-state index contributed by atoms with van der Waals surface area (Å²) in [4.78, 5) is 4.30. The Bertz CT molecular complexity index is 566. The molecule has 0 bridgehead atoms. The molecular formula is C16H22N2O. The Balaban J connectivity index is 2.28. The number of rotatable bonds is 5. The number of benzene rings is 1. The SMILES string of the molecule is CCCC(C)COc1ccc(N)c2cnc(C)cc12. The Hall–Kier alpha value is -1.77. The molecule has 0 fully saturated rings. The van der Waals surface area contributed by atoms with E-state index in [0.717, 1.165) is 34.5 Å². The number of anilines is 1.